The second-order valence-corrected chi connectivity index (χ2v) is 6.35. The van der Waals surface area contributed by atoms with Crippen molar-refractivity contribution in [3.63, 3.8) is 0 Å². The van der Waals surface area contributed by atoms with Gasteiger partial charge in [-0.3, -0.25) is 14.2 Å². The molecule has 0 spiro atoms. The molecule has 0 atom stereocenters. The van der Waals surface area contributed by atoms with Crippen LogP contribution in [-0.4, -0.2) is 21.4 Å². The number of rotatable bonds is 3. The third-order valence-electron chi connectivity index (χ3n) is 4.12. The Bertz CT molecular complexity index is 1010. The van der Waals surface area contributed by atoms with Gasteiger partial charge in [0.2, 0.25) is 0 Å². The zero-order valence-electron chi connectivity index (χ0n) is 13.6. The third-order valence-corrected chi connectivity index (χ3v) is 4.38. The summed E-state index contributed by atoms with van der Waals surface area (Å²) >= 11 is 5.86. The van der Waals surface area contributed by atoms with Crippen LogP contribution < -0.4 is 0 Å². The van der Waals surface area contributed by atoms with Gasteiger partial charge in [-0.05, 0) is 49.7 Å². The average Bonchev–Trinajstić information content (AvgIpc) is 2.80. The van der Waals surface area contributed by atoms with Gasteiger partial charge in [0, 0.05) is 34.2 Å². The molecule has 1 N–H and O–H groups in total. The van der Waals surface area contributed by atoms with Gasteiger partial charge in [0.15, 0.2) is 11.6 Å². The SMILES string of the molecule is CC(=O)Cc1c(C)n(C(=O)c2ccc(Cl)cc2)c2cc(F)c(O)cc12. The van der Waals surface area contributed by atoms with Crippen LogP contribution in [-0.2, 0) is 11.2 Å². The van der Waals surface area contributed by atoms with Crippen LogP contribution in [0.5, 0.6) is 5.75 Å². The second kappa shape index (κ2) is 6.33. The largest absolute Gasteiger partial charge is 0.505 e. The number of Topliss-reactive ketones (excluding diaryl/α,β-unsaturated/α-hetero) is 1. The van der Waals surface area contributed by atoms with E-state index in [0.717, 1.165) is 6.07 Å². The van der Waals surface area contributed by atoms with Gasteiger partial charge in [-0.1, -0.05) is 11.6 Å². The maximum absolute atomic E-state index is 13.9. The maximum Gasteiger partial charge on any atom is 0.262 e. The molecule has 0 unspecified atom stereocenters. The molecule has 0 saturated heterocycles. The molecule has 1 aromatic heterocycles. The van der Waals surface area contributed by atoms with Crippen molar-refractivity contribution in [2.45, 2.75) is 20.3 Å². The van der Waals surface area contributed by atoms with Crippen molar-refractivity contribution in [2.75, 3.05) is 0 Å². The van der Waals surface area contributed by atoms with E-state index in [-0.39, 0.29) is 18.1 Å². The quantitative estimate of drug-likeness (QED) is 0.759. The Morgan fingerprint density at radius 3 is 2.44 bits per heavy atom. The van der Waals surface area contributed by atoms with Crippen molar-refractivity contribution in [3.05, 3.63) is 64.1 Å². The lowest BCUT2D eigenvalue weighted by Gasteiger charge is -2.08. The molecule has 0 aliphatic rings. The van der Waals surface area contributed by atoms with Gasteiger partial charge >= 0.3 is 0 Å². The molecule has 1 heterocycles. The Kier molecular flexibility index (Phi) is 4.35. The van der Waals surface area contributed by atoms with Crippen LogP contribution in [0.1, 0.15) is 28.5 Å². The number of hydrogen-bond acceptors (Lipinski definition) is 3. The van der Waals surface area contributed by atoms with E-state index < -0.39 is 11.6 Å². The Hall–Kier alpha value is -2.66. The van der Waals surface area contributed by atoms with Crippen molar-refractivity contribution in [1.82, 2.24) is 4.57 Å². The molecule has 2 aromatic carbocycles. The lowest BCUT2D eigenvalue weighted by Crippen LogP contribution is -2.14. The third kappa shape index (κ3) is 3.03. The van der Waals surface area contributed by atoms with Crippen molar-refractivity contribution >= 4 is 34.2 Å². The summed E-state index contributed by atoms with van der Waals surface area (Å²) in [7, 11) is 0. The van der Waals surface area contributed by atoms with Crippen LogP contribution in [0.2, 0.25) is 5.02 Å². The van der Waals surface area contributed by atoms with Crippen molar-refractivity contribution in [1.29, 1.82) is 0 Å². The molecule has 3 rings (SSSR count). The highest BCUT2D eigenvalue weighted by Crippen LogP contribution is 2.32. The first-order valence-electron chi connectivity index (χ1n) is 7.61. The maximum atomic E-state index is 13.9. The van der Waals surface area contributed by atoms with Crippen LogP contribution in [0.25, 0.3) is 10.9 Å². The minimum absolute atomic E-state index is 0.0916. The first-order chi connectivity index (χ1) is 11.8. The fourth-order valence-corrected chi connectivity index (χ4v) is 3.07. The predicted molar refractivity (Wildman–Crippen MR) is 93.9 cm³/mol. The van der Waals surface area contributed by atoms with E-state index in [1.807, 2.05) is 0 Å². The molecule has 0 bridgehead atoms. The molecule has 0 radical (unpaired) electrons. The Morgan fingerprint density at radius 2 is 1.84 bits per heavy atom. The first kappa shape index (κ1) is 17.2. The number of fused-ring (bicyclic) bond motifs is 1. The molecular weight excluding hydrogens is 345 g/mol. The van der Waals surface area contributed by atoms with E-state index in [1.165, 1.54) is 17.6 Å². The van der Waals surface area contributed by atoms with Crippen molar-refractivity contribution in [3.8, 4) is 5.75 Å². The Morgan fingerprint density at radius 1 is 1.20 bits per heavy atom. The molecule has 6 heteroatoms. The molecule has 4 nitrogen and oxygen atoms in total. The molecule has 3 aromatic rings. The molecular formula is C19H15ClFNO3. The number of carbonyl (C=O) groups excluding carboxylic acids is 2. The van der Waals surface area contributed by atoms with Crippen LogP contribution in [0.3, 0.4) is 0 Å². The van der Waals surface area contributed by atoms with Gasteiger partial charge in [-0.25, -0.2) is 4.39 Å². The number of aromatic nitrogens is 1. The summed E-state index contributed by atoms with van der Waals surface area (Å²) < 4.78 is 15.3. The fraction of sp³-hybridized carbons (Fsp3) is 0.158. The minimum Gasteiger partial charge on any atom is -0.505 e. The summed E-state index contributed by atoms with van der Waals surface area (Å²) in [4.78, 5) is 24.5. The van der Waals surface area contributed by atoms with Gasteiger partial charge < -0.3 is 5.11 Å². The fourth-order valence-electron chi connectivity index (χ4n) is 2.94. The Balaban J connectivity index is 2.28. The minimum atomic E-state index is -0.829. The van der Waals surface area contributed by atoms with E-state index in [9.17, 15) is 19.1 Å². The zero-order valence-corrected chi connectivity index (χ0v) is 14.4. The number of halogens is 2. The lowest BCUT2D eigenvalue weighted by molar-refractivity contribution is -0.116. The normalized spacial score (nSPS) is 11.0. The molecule has 25 heavy (non-hydrogen) atoms. The summed E-state index contributed by atoms with van der Waals surface area (Å²) in [6.45, 7) is 3.13. The van der Waals surface area contributed by atoms with E-state index >= 15 is 0 Å². The molecule has 0 saturated carbocycles. The molecule has 0 aliphatic heterocycles. The summed E-state index contributed by atoms with van der Waals surface area (Å²) in [6.07, 6.45) is 0.0916. The van der Waals surface area contributed by atoms with Gasteiger partial charge in [-0.15, -0.1) is 0 Å². The van der Waals surface area contributed by atoms with Crippen LogP contribution in [0.4, 0.5) is 4.39 Å². The van der Waals surface area contributed by atoms with Crippen LogP contribution >= 0.6 is 11.6 Å². The molecule has 0 amide bonds. The number of hydrogen-bond donors (Lipinski definition) is 1. The smallest absolute Gasteiger partial charge is 0.262 e. The topological polar surface area (TPSA) is 59.3 Å². The standard InChI is InChI=1S/C19H15ClFNO3/c1-10(23)7-14-11(2)22(17-9-16(21)18(24)8-15(14)17)19(25)12-3-5-13(20)6-4-12/h3-6,8-9,24H,7H2,1-2H3. The van der Waals surface area contributed by atoms with Gasteiger partial charge in [-0.2, -0.15) is 0 Å². The van der Waals surface area contributed by atoms with Crippen molar-refractivity contribution < 1.29 is 19.1 Å². The van der Waals surface area contributed by atoms with Gasteiger partial charge in [0.05, 0.1) is 5.52 Å². The highest BCUT2D eigenvalue weighted by atomic mass is 35.5. The first-order valence-corrected chi connectivity index (χ1v) is 7.99. The second-order valence-electron chi connectivity index (χ2n) is 5.91. The highest BCUT2D eigenvalue weighted by molar-refractivity contribution is 6.30. The number of carbonyl (C=O) groups is 2. The van der Waals surface area contributed by atoms with Gasteiger partial charge in [0.1, 0.15) is 5.78 Å². The number of nitrogens with zero attached hydrogens (tertiary/aromatic N) is 1. The molecule has 0 aliphatic carbocycles. The summed E-state index contributed by atoms with van der Waals surface area (Å²) in [5.41, 5.74) is 1.83. The number of benzene rings is 2. The molecule has 128 valence electrons. The monoisotopic (exact) mass is 359 g/mol. The van der Waals surface area contributed by atoms with Crippen LogP contribution in [0, 0.1) is 12.7 Å². The van der Waals surface area contributed by atoms with Crippen molar-refractivity contribution in [2.24, 2.45) is 0 Å². The van der Waals surface area contributed by atoms with E-state index in [2.05, 4.69) is 0 Å². The number of aromatic hydroxyl groups is 1. The number of phenolic OH excluding ortho intramolecular Hbond substituents is 1. The number of ketones is 1. The van der Waals surface area contributed by atoms with Crippen LogP contribution in [0.15, 0.2) is 36.4 Å². The highest BCUT2D eigenvalue weighted by Gasteiger charge is 2.22. The van der Waals surface area contributed by atoms with Gasteiger partial charge in [0.25, 0.3) is 5.91 Å². The summed E-state index contributed by atoms with van der Waals surface area (Å²) in [6, 6.07) is 8.71. The zero-order chi connectivity index (χ0) is 18.3. The van der Waals surface area contributed by atoms with E-state index in [1.54, 1.807) is 31.2 Å². The number of phenols is 1. The van der Waals surface area contributed by atoms with E-state index in [0.29, 0.717) is 32.7 Å². The summed E-state index contributed by atoms with van der Waals surface area (Å²) in [5, 5.41) is 10.7. The Labute approximate surface area is 148 Å². The average molecular weight is 360 g/mol. The van der Waals surface area contributed by atoms with E-state index in [4.69, 9.17) is 11.6 Å². The lowest BCUT2D eigenvalue weighted by atomic mass is 10.1. The summed E-state index contributed by atoms with van der Waals surface area (Å²) in [5.74, 6) is -1.80. The molecule has 0 fully saturated rings. The predicted octanol–water partition coefficient (Wildman–Crippen LogP) is 4.27.